The molecule has 2 saturated heterocycles. The molecule has 0 radical (unpaired) electrons. The minimum Gasteiger partial charge on any atom is -0.479 e. The molecule has 3 heterocycles. The Morgan fingerprint density at radius 3 is 2.28 bits per heavy atom. The highest BCUT2D eigenvalue weighted by Gasteiger charge is 2.49. The van der Waals surface area contributed by atoms with E-state index in [1.807, 2.05) is 18.2 Å². The molecule has 3 N–H and O–H groups in total. The van der Waals surface area contributed by atoms with Crippen LogP contribution in [-0.2, 0) is 29.1 Å². The number of rotatable bonds is 6. The summed E-state index contributed by atoms with van der Waals surface area (Å²) in [5, 5.41) is 9.69. The van der Waals surface area contributed by atoms with Gasteiger partial charge in [0.1, 0.15) is 6.04 Å². The third kappa shape index (κ3) is 6.85. The van der Waals surface area contributed by atoms with Gasteiger partial charge in [0.15, 0.2) is 6.10 Å². The first-order valence-corrected chi connectivity index (χ1v) is 11.0. The Bertz CT molecular complexity index is 893. The van der Waals surface area contributed by atoms with Crippen molar-refractivity contribution in [1.82, 2.24) is 20.4 Å². The summed E-state index contributed by atoms with van der Waals surface area (Å²) < 4.78 is 34.7. The molecule has 1 aromatic rings. The highest BCUT2D eigenvalue weighted by molar-refractivity contribution is 7.80. The predicted octanol–water partition coefficient (Wildman–Crippen LogP) is 0.618. The zero-order valence-electron chi connectivity index (χ0n) is 17.7. The summed E-state index contributed by atoms with van der Waals surface area (Å²) >= 11 is 0. The van der Waals surface area contributed by atoms with Gasteiger partial charge in [-0.2, -0.15) is 13.5 Å². The molecule has 0 spiro atoms. The van der Waals surface area contributed by atoms with Crippen LogP contribution in [0.15, 0.2) is 30.6 Å². The number of nitrogens with zero attached hydrogens (tertiary/aromatic N) is 3. The number of hydrogen-bond acceptors (Lipinski definition) is 8. The van der Waals surface area contributed by atoms with Crippen LogP contribution in [0.1, 0.15) is 33.6 Å². The van der Waals surface area contributed by atoms with Crippen molar-refractivity contribution >= 4 is 28.3 Å². The number of hydrogen-bond donors (Lipinski definition) is 3. The van der Waals surface area contributed by atoms with Crippen molar-refractivity contribution in [2.45, 2.75) is 51.8 Å². The van der Waals surface area contributed by atoms with Gasteiger partial charge >= 0.3 is 22.4 Å². The number of carboxylic acid groups (broad SMARTS) is 1. The molecule has 178 valence electrons. The molecule has 0 saturated carbocycles. The van der Waals surface area contributed by atoms with Crippen LogP contribution < -0.4 is 5.48 Å². The van der Waals surface area contributed by atoms with Crippen LogP contribution in [0.4, 0.5) is 4.79 Å². The number of piperidine rings is 1. The van der Waals surface area contributed by atoms with Crippen molar-refractivity contribution in [2.75, 3.05) is 6.54 Å². The van der Waals surface area contributed by atoms with Gasteiger partial charge in [0, 0.05) is 24.4 Å². The van der Waals surface area contributed by atoms with Gasteiger partial charge < -0.3 is 10.0 Å². The Kier molecular flexibility index (Phi) is 8.12. The second-order valence-corrected chi connectivity index (χ2v) is 9.21. The average molecular weight is 474 g/mol. The van der Waals surface area contributed by atoms with Crippen LogP contribution >= 0.6 is 0 Å². The highest BCUT2D eigenvalue weighted by Crippen LogP contribution is 2.31. The lowest BCUT2D eigenvalue weighted by Crippen LogP contribution is -2.52. The minimum atomic E-state index is -4.88. The lowest BCUT2D eigenvalue weighted by molar-refractivity contribution is -0.172. The molecule has 32 heavy (non-hydrogen) atoms. The van der Waals surface area contributed by atoms with Gasteiger partial charge in [-0.05, 0) is 25.0 Å². The molecule has 3 amide bonds. The van der Waals surface area contributed by atoms with Crippen LogP contribution in [0.5, 0.6) is 0 Å². The Hall–Kier alpha value is -2.81. The number of carbonyl (C=O) groups excluding carboxylic acids is 2. The van der Waals surface area contributed by atoms with Gasteiger partial charge in [0.25, 0.3) is 5.91 Å². The molecule has 2 fully saturated rings. The standard InChI is InChI=1S/C13H21N3O9S.C5H5N/c1-13(2,3)9(11(18)19)24-14-10(17)8-5-4-7-6-15(8)12(20)16(7)25-26(21,22)23;1-2-4-6-5-3-1/h7-9H,4-6H2,1-3H3,(H,14,17)(H,18,19)(H,21,22,23);1-5H/t7-,8+,9?;/m1./s1. The molecule has 1 aromatic heterocycles. The number of carboxylic acids is 1. The van der Waals surface area contributed by atoms with E-state index in [2.05, 4.69) is 14.7 Å². The maximum absolute atomic E-state index is 12.3. The fourth-order valence-corrected chi connectivity index (χ4v) is 3.59. The predicted molar refractivity (Wildman–Crippen MR) is 108 cm³/mol. The van der Waals surface area contributed by atoms with Gasteiger partial charge in [-0.15, -0.1) is 4.28 Å². The quantitative estimate of drug-likeness (QED) is 0.391. The third-order valence-corrected chi connectivity index (χ3v) is 5.00. The van der Waals surface area contributed by atoms with E-state index < -0.39 is 51.9 Å². The molecule has 0 aliphatic carbocycles. The number of hydroxylamine groups is 3. The molecule has 1 unspecified atom stereocenters. The van der Waals surface area contributed by atoms with E-state index in [4.69, 9.17) is 9.39 Å². The first kappa shape index (κ1) is 25.5. The van der Waals surface area contributed by atoms with Crippen LogP contribution in [0.3, 0.4) is 0 Å². The summed E-state index contributed by atoms with van der Waals surface area (Å²) in [5.74, 6) is -1.99. The SMILES string of the molecule is CC(C)(C)C(ONC(=O)[C@@H]1CC[C@@H]2CN1C(=O)N2OS(=O)(=O)O)C(=O)O.c1ccncc1. The minimum absolute atomic E-state index is 0.0219. The third-order valence-electron chi connectivity index (χ3n) is 4.65. The Morgan fingerprint density at radius 1 is 1.22 bits per heavy atom. The monoisotopic (exact) mass is 474 g/mol. The summed E-state index contributed by atoms with van der Waals surface area (Å²) in [6.45, 7) is 4.89. The smallest absolute Gasteiger partial charge is 0.418 e. The van der Waals surface area contributed by atoms with E-state index in [-0.39, 0.29) is 19.4 Å². The van der Waals surface area contributed by atoms with Crippen LogP contribution in [0, 0.1) is 5.41 Å². The zero-order chi connectivity index (χ0) is 24.1. The van der Waals surface area contributed by atoms with Crippen molar-refractivity contribution in [3.63, 3.8) is 0 Å². The highest BCUT2D eigenvalue weighted by atomic mass is 32.3. The number of aliphatic carboxylic acids is 1. The van der Waals surface area contributed by atoms with E-state index in [9.17, 15) is 27.9 Å². The van der Waals surface area contributed by atoms with E-state index in [0.29, 0.717) is 5.06 Å². The first-order chi connectivity index (χ1) is 14.8. The Labute approximate surface area is 185 Å². The van der Waals surface area contributed by atoms with Crippen molar-refractivity contribution in [2.24, 2.45) is 5.41 Å². The molecule has 2 bridgehead atoms. The van der Waals surface area contributed by atoms with Crippen LogP contribution in [0.25, 0.3) is 0 Å². The number of aromatic nitrogens is 1. The lowest BCUT2D eigenvalue weighted by Gasteiger charge is -2.31. The topological polar surface area (TPSA) is 176 Å². The second kappa shape index (κ2) is 10.2. The fraction of sp³-hybridized carbons (Fsp3) is 0.556. The number of carbonyl (C=O) groups is 3. The molecule has 2 aliphatic heterocycles. The summed E-state index contributed by atoms with van der Waals surface area (Å²) in [5.41, 5.74) is 1.27. The largest absolute Gasteiger partial charge is 0.479 e. The van der Waals surface area contributed by atoms with E-state index in [1.54, 1.807) is 33.2 Å². The maximum atomic E-state index is 12.3. The second-order valence-electron chi connectivity index (χ2n) is 8.20. The van der Waals surface area contributed by atoms with Gasteiger partial charge in [-0.25, -0.2) is 15.1 Å². The van der Waals surface area contributed by atoms with Gasteiger partial charge in [-0.3, -0.25) is 19.2 Å². The summed E-state index contributed by atoms with van der Waals surface area (Å²) in [4.78, 5) is 45.7. The summed E-state index contributed by atoms with van der Waals surface area (Å²) in [6.07, 6.45) is 2.62. The number of pyridine rings is 1. The van der Waals surface area contributed by atoms with Crippen LogP contribution in [-0.4, -0.2) is 75.7 Å². The van der Waals surface area contributed by atoms with Gasteiger partial charge in [0.05, 0.1) is 6.04 Å². The molecule has 3 rings (SSSR count). The van der Waals surface area contributed by atoms with Crippen molar-refractivity contribution in [1.29, 1.82) is 0 Å². The molecule has 13 nitrogen and oxygen atoms in total. The van der Waals surface area contributed by atoms with E-state index >= 15 is 0 Å². The van der Waals surface area contributed by atoms with Crippen molar-refractivity contribution < 1.29 is 41.6 Å². The lowest BCUT2D eigenvalue weighted by atomic mass is 9.89. The number of urea groups is 1. The molecular weight excluding hydrogens is 448 g/mol. The first-order valence-electron chi connectivity index (χ1n) is 9.61. The van der Waals surface area contributed by atoms with Gasteiger partial charge in [-0.1, -0.05) is 26.8 Å². The Morgan fingerprint density at radius 2 is 1.84 bits per heavy atom. The zero-order valence-corrected chi connectivity index (χ0v) is 18.6. The average Bonchev–Trinajstić information content (AvgIpc) is 2.92. The van der Waals surface area contributed by atoms with Crippen molar-refractivity contribution in [3.8, 4) is 0 Å². The van der Waals surface area contributed by atoms with E-state index in [1.165, 1.54) is 0 Å². The molecular formula is C18H26N4O9S. The van der Waals surface area contributed by atoms with Gasteiger partial charge in [0.2, 0.25) is 0 Å². The van der Waals surface area contributed by atoms with Crippen molar-refractivity contribution in [3.05, 3.63) is 30.6 Å². The normalized spacial score (nSPS) is 21.4. The number of amides is 3. The molecule has 2 aliphatic rings. The molecule has 14 heteroatoms. The molecule has 0 aromatic carbocycles. The Balaban J connectivity index is 0.000000520. The maximum Gasteiger partial charge on any atom is 0.418 e. The fourth-order valence-electron chi connectivity index (χ4n) is 3.20. The summed E-state index contributed by atoms with van der Waals surface area (Å²) in [7, 11) is -4.88. The van der Waals surface area contributed by atoms with Crippen LogP contribution in [0.2, 0.25) is 0 Å². The summed E-state index contributed by atoms with van der Waals surface area (Å²) in [6, 6.07) is 3.21. The van der Waals surface area contributed by atoms with E-state index in [0.717, 1.165) is 4.90 Å². The number of fused-ring (bicyclic) bond motifs is 2. The number of nitrogens with one attached hydrogen (secondary N) is 1. The molecule has 3 atom stereocenters.